The van der Waals surface area contributed by atoms with Gasteiger partial charge >= 0.3 is 63.6 Å². The molecule has 0 heterocycles. The van der Waals surface area contributed by atoms with Crippen LogP contribution in [0.5, 0.6) is 0 Å². The summed E-state index contributed by atoms with van der Waals surface area (Å²) in [6.07, 6.45) is 0. The molecule has 0 aromatic heterocycles. The largest absolute Gasteiger partial charge is 4.00 e. The van der Waals surface area contributed by atoms with E-state index in [1.54, 1.807) is 0 Å². The molecule has 0 rings (SSSR count). The van der Waals surface area contributed by atoms with Crippen molar-refractivity contribution in [2.75, 3.05) is 0 Å². The van der Waals surface area contributed by atoms with Crippen LogP contribution in [-0.4, -0.2) is 0 Å². The maximum absolute atomic E-state index is 8.55. The summed E-state index contributed by atoms with van der Waals surface area (Å²) in [4.78, 5) is 25.6. The smallest absolute Gasteiger partial charge is 2.00 e. The summed E-state index contributed by atoms with van der Waals surface area (Å²) < 4.78 is 8.55. The van der Waals surface area contributed by atoms with E-state index in [0.717, 1.165) is 0 Å². The summed E-state index contributed by atoms with van der Waals surface area (Å²) in [6.45, 7) is 0. The topological polar surface area (TPSA) is 115 Å². The van der Waals surface area contributed by atoms with Gasteiger partial charge in [-0.1, -0.05) is 0 Å². The summed E-state index contributed by atoms with van der Waals surface area (Å²) in [5.74, 6) is 0. The van der Waals surface area contributed by atoms with Gasteiger partial charge in [-0.3, -0.25) is 0 Å². The van der Waals surface area contributed by atoms with Crippen molar-refractivity contribution in [3.8, 4) is 0 Å². The SMILES string of the molecule is O=P([O-])([O-])[O-].[Ag+].[O-2].[Ti+4].[Zn+2]. The van der Waals surface area contributed by atoms with Crippen LogP contribution in [0, 0.1) is 0 Å². The van der Waals surface area contributed by atoms with Gasteiger partial charge in [-0.2, -0.15) is 7.82 Å². The Hall–Kier alpha value is 2.15. The second-order valence-electron chi connectivity index (χ2n) is 0.447. The zero-order chi connectivity index (χ0) is 4.50. The predicted molar refractivity (Wildman–Crippen MR) is 8.29 cm³/mol. The molecule has 0 saturated heterocycles. The van der Waals surface area contributed by atoms with Crippen molar-refractivity contribution in [2.45, 2.75) is 0 Å². The summed E-state index contributed by atoms with van der Waals surface area (Å²) in [7, 11) is -5.39. The monoisotopic (exact) mass is 330 g/mol. The van der Waals surface area contributed by atoms with Gasteiger partial charge in [0.2, 0.25) is 0 Å². The summed E-state index contributed by atoms with van der Waals surface area (Å²) in [5.41, 5.74) is 0. The average Bonchev–Trinajstić information content (AvgIpc) is 0.722. The fraction of sp³-hybridized carbons (Fsp3) is 0. The minimum Gasteiger partial charge on any atom is -2.00 e. The third kappa shape index (κ3) is 146. The Kier molecular flexibility index (Phi) is 43.2. The van der Waals surface area contributed by atoms with Crippen molar-refractivity contribution in [3.63, 3.8) is 0 Å². The van der Waals surface area contributed by atoms with Gasteiger partial charge in [-0.25, -0.2) is 0 Å². The van der Waals surface area contributed by atoms with Gasteiger partial charge in [0.15, 0.2) is 0 Å². The average molecular weight is 332 g/mol. The first-order chi connectivity index (χ1) is 2.00. The molecule has 0 aromatic rings. The van der Waals surface area contributed by atoms with E-state index < -0.39 is 7.82 Å². The third-order valence-electron chi connectivity index (χ3n) is 0. The Morgan fingerprint density at radius 2 is 1.11 bits per heavy atom. The van der Waals surface area contributed by atoms with E-state index in [1.807, 2.05) is 0 Å². The molecule has 0 saturated carbocycles. The molecule has 0 aliphatic rings. The fourth-order valence-corrected chi connectivity index (χ4v) is 0. The van der Waals surface area contributed by atoms with Gasteiger partial charge in [0.25, 0.3) is 0 Å². The molecule has 9 heteroatoms. The summed E-state index contributed by atoms with van der Waals surface area (Å²) in [5, 5.41) is 0. The molecular formula is AgO5PTiZn+2. The zero-order valence-electron chi connectivity index (χ0n) is 4.00. The van der Waals surface area contributed by atoms with Gasteiger partial charge < -0.3 is 24.7 Å². The van der Waals surface area contributed by atoms with E-state index in [4.69, 9.17) is 19.2 Å². The van der Waals surface area contributed by atoms with E-state index in [1.165, 1.54) is 0 Å². The van der Waals surface area contributed by atoms with Crippen LogP contribution >= 0.6 is 7.82 Å². The van der Waals surface area contributed by atoms with Crippen LogP contribution in [0.2, 0.25) is 0 Å². The fourth-order valence-electron chi connectivity index (χ4n) is 0. The quantitative estimate of drug-likeness (QED) is 0.348. The Morgan fingerprint density at radius 1 is 1.11 bits per heavy atom. The van der Waals surface area contributed by atoms with Gasteiger partial charge in [-0.05, 0) is 0 Å². The van der Waals surface area contributed by atoms with Crippen LogP contribution in [0.3, 0.4) is 0 Å². The van der Waals surface area contributed by atoms with Crippen LogP contribution < -0.4 is 14.7 Å². The van der Waals surface area contributed by atoms with Crippen molar-refractivity contribution in [3.05, 3.63) is 0 Å². The minimum absolute atomic E-state index is 0. The summed E-state index contributed by atoms with van der Waals surface area (Å²) >= 11 is 0. The van der Waals surface area contributed by atoms with E-state index in [9.17, 15) is 0 Å². The molecule has 0 radical (unpaired) electrons. The summed E-state index contributed by atoms with van der Waals surface area (Å²) in [6, 6.07) is 0. The molecule has 0 aliphatic heterocycles. The Morgan fingerprint density at radius 3 is 1.11 bits per heavy atom. The molecule has 0 spiro atoms. The van der Waals surface area contributed by atoms with Crippen LogP contribution in [0.25, 0.3) is 0 Å². The van der Waals surface area contributed by atoms with Crippen molar-refractivity contribution >= 4 is 7.82 Å². The number of hydrogen-bond acceptors (Lipinski definition) is 4. The second kappa shape index (κ2) is 12.8. The first-order valence-electron chi connectivity index (χ1n) is 0.730. The molecule has 0 N–H and O–H groups in total. The normalized spacial score (nSPS) is 6.56. The Labute approximate surface area is 95.3 Å². The maximum atomic E-state index is 8.55. The van der Waals surface area contributed by atoms with Crippen LogP contribution in [-0.2, 0) is 73.6 Å². The van der Waals surface area contributed by atoms with E-state index in [0.29, 0.717) is 0 Å². The van der Waals surface area contributed by atoms with Crippen LogP contribution in [0.1, 0.15) is 0 Å². The molecule has 0 unspecified atom stereocenters. The van der Waals surface area contributed by atoms with Crippen LogP contribution in [0.4, 0.5) is 0 Å². The molecule has 0 aromatic carbocycles. The van der Waals surface area contributed by atoms with Gasteiger partial charge in [0.05, 0.1) is 0 Å². The molecule has 0 fully saturated rings. The van der Waals surface area contributed by atoms with E-state index >= 15 is 0 Å². The molecular weight excluding hydrogens is 332 g/mol. The van der Waals surface area contributed by atoms with E-state index in [-0.39, 0.29) is 69.1 Å². The predicted octanol–water partition coefficient (Wildman–Crippen LogP) is -2.95. The maximum Gasteiger partial charge on any atom is 4.00 e. The minimum atomic E-state index is -5.39. The van der Waals surface area contributed by atoms with Crippen LogP contribution in [0.15, 0.2) is 0 Å². The Balaban J connectivity index is -0.0000000133. The molecule has 0 amide bonds. The van der Waals surface area contributed by atoms with E-state index in [2.05, 4.69) is 0 Å². The standard InChI is InChI=1S/Ag.H3O4P.O.Ti.Zn/c;1-5(2,3)4;;;/h;(H3,1,2,3,4);;;/q+1;;-2;+4;+2/p-3. The number of phosphoric acid groups is 1. The third-order valence-corrected chi connectivity index (χ3v) is 0. The molecule has 5 nitrogen and oxygen atoms in total. The van der Waals surface area contributed by atoms with Crippen molar-refractivity contribution in [1.29, 1.82) is 0 Å². The molecule has 9 heavy (non-hydrogen) atoms. The van der Waals surface area contributed by atoms with Crippen molar-refractivity contribution in [2.24, 2.45) is 0 Å². The zero-order valence-corrected chi connectivity index (χ0v) is 10.9. The molecule has 50 valence electrons. The van der Waals surface area contributed by atoms with Gasteiger partial charge in [0.1, 0.15) is 0 Å². The van der Waals surface area contributed by atoms with Crippen molar-refractivity contribution in [1.82, 2.24) is 0 Å². The van der Waals surface area contributed by atoms with Gasteiger partial charge in [0, 0.05) is 0 Å². The molecule has 0 bridgehead atoms. The number of hydrogen-bond donors (Lipinski definition) is 0. The molecule has 0 aliphatic carbocycles. The van der Waals surface area contributed by atoms with Crippen molar-refractivity contribution < 1.29 is 88.3 Å². The first-order valence-corrected chi connectivity index (χ1v) is 2.19. The second-order valence-corrected chi connectivity index (χ2v) is 1.34. The Bertz CT molecular complexity index is 63.1. The molecule has 0 atom stereocenters. The first kappa shape index (κ1) is 30.4. The van der Waals surface area contributed by atoms with Gasteiger partial charge in [-0.15, -0.1) is 0 Å². The number of rotatable bonds is 0.